The lowest BCUT2D eigenvalue weighted by atomic mass is 10.9. The Morgan fingerprint density at radius 2 is 1.60 bits per heavy atom. The van der Waals surface area contributed by atoms with Gasteiger partial charge < -0.3 is 0 Å². The summed E-state index contributed by atoms with van der Waals surface area (Å²) in [6, 6.07) is 0. The fourth-order valence-corrected chi connectivity index (χ4v) is 0. The summed E-state index contributed by atoms with van der Waals surface area (Å²) in [4.78, 5) is 0. The molecular weight excluding hydrogens is 93.0 g/mol. The van der Waals surface area contributed by atoms with E-state index in [0.29, 0.717) is 0 Å². The quantitative estimate of drug-likeness (QED) is 0.402. The molecule has 0 spiro atoms. The van der Waals surface area contributed by atoms with Crippen LogP contribution in [0, 0.1) is 0 Å². The Bertz CT molecular complexity index is 23.1. The molecule has 0 N–H and O–H groups in total. The van der Waals surface area contributed by atoms with Crippen LogP contribution in [0.1, 0.15) is 6.92 Å². The minimum Gasteiger partial charge on any atom is -0.203 e. The molecule has 0 aromatic heterocycles. The smallest absolute Gasteiger partial charge is 0.203 e. The average molecular weight is 98.0 g/mol. The monoisotopic (exact) mass is 98.0 g/mol. The molecule has 0 heterocycles. The van der Waals surface area contributed by atoms with E-state index in [-0.39, 0.29) is 0 Å². The molecule has 0 radical (unpaired) electrons. The zero-order chi connectivity index (χ0) is 4.50. The Morgan fingerprint density at radius 1 is 1.60 bits per heavy atom. The van der Waals surface area contributed by atoms with Gasteiger partial charge in [-0.1, -0.05) is 9.24 Å². The Balaban J connectivity index is 3.02. The second-order valence-corrected chi connectivity index (χ2v) is 1.97. The molecule has 0 aromatic rings. The molecule has 0 aromatic carbocycles. The second kappa shape index (κ2) is 1.17. The molecule has 0 fully saturated rings. The van der Waals surface area contributed by atoms with E-state index in [2.05, 4.69) is 0 Å². The lowest BCUT2D eigenvalue weighted by Crippen LogP contribution is -1.91. The van der Waals surface area contributed by atoms with Crippen molar-refractivity contribution in [3.05, 3.63) is 0 Å². The Labute approximate surface area is 31.8 Å². The third-order valence-electron chi connectivity index (χ3n) is 0. The molecule has 0 aliphatic rings. The summed E-state index contributed by atoms with van der Waals surface area (Å²) in [5.41, 5.74) is -2.58. The maximum absolute atomic E-state index is 11.0. The van der Waals surface area contributed by atoms with Crippen molar-refractivity contribution in [2.45, 2.75) is 12.6 Å². The topological polar surface area (TPSA) is 0 Å². The van der Waals surface area contributed by atoms with Gasteiger partial charge in [-0.2, -0.15) is 0 Å². The molecular formula is C2H5F2P. The van der Waals surface area contributed by atoms with Crippen LogP contribution < -0.4 is 0 Å². The number of alkyl halides is 2. The predicted octanol–water partition coefficient (Wildman–Crippen LogP) is 1.47. The van der Waals surface area contributed by atoms with Gasteiger partial charge in [-0.3, -0.25) is 0 Å². The Hall–Kier alpha value is 0.290. The fourth-order valence-electron chi connectivity index (χ4n) is 0. The molecule has 0 nitrogen and oxygen atoms in total. The molecule has 0 aliphatic carbocycles. The van der Waals surface area contributed by atoms with Crippen molar-refractivity contribution < 1.29 is 8.78 Å². The van der Waals surface area contributed by atoms with Crippen molar-refractivity contribution in [2.24, 2.45) is 0 Å². The first-order valence-electron chi connectivity index (χ1n) is 1.17. The summed E-state index contributed by atoms with van der Waals surface area (Å²) >= 11 is 0. The van der Waals surface area contributed by atoms with Crippen molar-refractivity contribution in [1.82, 2.24) is 0 Å². The summed E-state index contributed by atoms with van der Waals surface area (Å²) in [5.74, 6) is 0. The minimum absolute atomic E-state index is 0.817. The molecule has 0 saturated carbocycles. The largest absolute Gasteiger partial charge is 0.256 e. The Morgan fingerprint density at radius 3 is 1.60 bits per heavy atom. The number of hydrogen-bond donors (Lipinski definition) is 0. The van der Waals surface area contributed by atoms with Crippen LogP contribution in [-0.4, -0.2) is 5.66 Å². The lowest BCUT2D eigenvalue weighted by Gasteiger charge is -1.94. The fraction of sp³-hybridized carbons (Fsp3) is 1.00. The molecule has 0 aliphatic heterocycles. The van der Waals surface area contributed by atoms with Crippen molar-refractivity contribution in [1.29, 1.82) is 0 Å². The van der Waals surface area contributed by atoms with E-state index in [1.807, 2.05) is 0 Å². The van der Waals surface area contributed by atoms with Crippen LogP contribution in [-0.2, 0) is 0 Å². The standard InChI is InChI=1S/C2H5F2P/c1-2(3,4)5/h5H2,1H3. The van der Waals surface area contributed by atoms with Gasteiger partial charge in [-0.05, 0) is 0 Å². The average Bonchev–Trinajstić information content (AvgIpc) is 0.722. The summed E-state index contributed by atoms with van der Waals surface area (Å²) in [5, 5.41) is 0. The van der Waals surface area contributed by atoms with Gasteiger partial charge in [-0.25, -0.2) is 8.78 Å². The maximum Gasteiger partial charge on any atom is 0.256 e. The zero-order valence-corrected chi connectivity index (χ0v) is 3.99. The van der Waals surface area contributed by atoms with E-state index in [4.69, 9.17) is 0 Å². The van der Waals surface area contributed by atoms with E-state index in [9.17, 15) is 8.78 Å². The maximum atomic E-state index is 11.0. The predicted molar refractivity (Wildman–Crippen MR) is 20.3 cm³/mol. The number of rotatable bonds is 0. The third-order valence-corrected chi connectivity index (χ3v) is 0. The highest BCUT2D eigenvalue weighted by molar-refractivity contribution is 7.18. The van der Waals surface area contributed by atoms with Crippen molar-refractivity contribution in [3.8, 4) is 0 Å². The van der Waals surface area contributed by atoms with E-state index >= 15 is 0 Å². The van der Waals surface area contributed by atoms with Gasteiger partial charge >= 0.3 is 0 Å². The SMILES string of the molecule is CC(F)(F)P. The van der Waals surface area contributed by atoms with E-state index in [1.165, 1.54) is 9.24 Å². The van der Waals surface area contributed by atoms with Gasteiger partial charge in [0.25, 0.3) is 5.66 Å². The summed E-state index contributed by atoms with van der Waals surface area (Å²) in [6.07, 6.45) is 0. The first kappa shape index (κ1) is 5.29. The van der Waals surface area contributed by atoms with Crippen LogP contribution in [0.4, 0.5) is 8.78 Å². The van der Waals surface area contributed by atoms with Gasteiger partial charge in [-0.15, -0.1) is 0 Å². The van der Waals surface area contributed by atoms with Gasteiger partial charge in [0.1, 0.15) is 0 Å². The Kier molecular flexibility index (Phi) is 1.24. The van der Waals surface area contributed by atoms with Crippen LogP contribution in [0.2, 0.25) is 0 Å². The third kappa shape index (κ3) is 268. The number of halogens is 2. The molecule has 1 atom stereocenters. The van der Waals surface area contributed by atoms with E-state index in [1.54, 1.807) is 0 Å². The van der Waals surface area contributed by atoms with Crippen LogP contribution in [0.5, 0.6) is 0 Å². The molecule has 5 heavy (non-hydrogen) atoms. The summed E-state index contributed by atoms with van der Waals surface area (Å²) < 4.78 is 22.0. The summed E-state index contributed by atoms with van der Waals surface area (Å²) in [6.45, 7) is 0.817. The molecule has 0 amide bonds. The highest BCUT2D eigenvalue weighted by Crippen LogP contribution is 2.18. The minimum atomic E-state index is -2.58. The van der Waals surface area contributed by atoms with Crippen LogP contribution in [0.15, 0.2) is 0 Å². The first-order valence-corrected chi connectivity index (χ1v) is 1.74. The van der Waals surface area contributed by atoms with Crippen LogP contribution in [0.25, 0.3) is 0 Å². The first-order chi connectivity index (χ1) is 2.00. The zero-order valence-electron chi connectivity index (χ0n) is 2.83. The van der Waals surface area contributed by atoms with Gasteiger partial charge in [0.05, 0.1) is 0 Å². The molecule has 0 rings (SSSR count). The second-order valence-electron chi connectivity index (χ2n) is 0.956. The molecule has 32 valence electrons. The van der Waals surface area contributed by atoms with Crippen molar-refractivity contribution in [2.75, 3.05) is 0 Å². The van der Waals surface area contributed by atoms with Crippen LogP contribution in [0.3, 0.4) is 0 Å². The normalized spacial score (nSPS) is 12.0. The molecule has 0 bridgehead atoms. The van der Waals surface area contributed by atoms with Crippen molar-refractivity contribution >= 4 is 9.24 Å². The highest BCUT2D eigenvalue weighted by atomic mass is 31.0. The highest BCUT2D eigenvalue weighted by Gasteiger charge is 2.08. The van der Waals surface area contributed by atoms with E-state index in [0.717, 1.165) is 6.92 Å². The van der Waals surface area contributed by atoms with Crippen LogP contribution >= 0.6 is 9.24 Å². The van der Waals surface area contributed by atoms with Gasteiger partial charge in [0, 0.05) is 6.92 Å². The molecule has 0 saturated heterocycles. The van der Waals surface area contributed by atoms with E-state index < -0.39 is 5.66 Å². The lowest BCUT2D eigenvalue weighted by molar-refractivity contribution is 0.128. The summed E-state index contributed by atoms with van der Waals surface area (Å²) in [7, 11) is 1.38. The number of hydrogen-bond acceptors (Lipinski definition) is 0. The van der Waals surface area contributed by atoms with Gasteiger partial charge in [0.2, 0.25) is 0 Å². The van der Waals surface area contributed by atoms with Gasteiger partial charge in [0.15, 0.2) is 0 Å². The van der Waals surface area contributed by atoms with Crippen molar-refractivity contribution in [3.63, 3.8) is 0 Å². The molecule has 3 heteroatoms. The molecule has 1 unspecified atom stereocenters.